The molecule has 2 aromatic carbocycles. The summed E-state index contributed by atoms with van der Waals surface area (Å²) in [6.45, 7) is 11.3. The average molecular weight is 520 g/mol. The molecule has 0 radical (unpaired) electrons. The number of nitrogens with two attached hydrogens (primary N) is 1. The van der Waals surface area contributed by atoms with Gasteiger partial charge in [-0.25, -0.2) is 4.68 Å². The van der Waals surface area contributed by atoms with Gasteiger partial charge in [-0.15, -0.1) is 12.4 Å². The summed E-state index contributed by atoms with van der Waals surface area (Å²) >= 11 is 12.8. The normalized spacial score (nSPS) is 11.3. The number of nitrogens with one attached hydrogen (secondary N) is 1. The molecule has 34 heavy (non-hydrogen) atoms. The number of halogens is 3. The van der Waals surface area contributed by atoms with Crippen molar-refractivity contribution in [1.29, 1.82) is 0 Å². The Morgan fingerprint density at radius 1 is 1.06 bits per heavy atom. The van der Waals surface area contributed by atoms with Crippen molar-refractivity contribution < 1.29 is 4.79 Å². The van der Waals surface area contributed by atoms with Crippen LogP contribution >= 0.6 is 35.6 Å². The molecule has 0 atom stereocenters. The third-order valence-electron chi connectivity index (χ3n) is 4.65. The molecule has 1 heterocycles. The van der Waals surface area contributed by atoms with Crippen molar-refractivity contribution in [3.05, 3.63) is 69.3 Å². The molecule has 0 fully saturated rings. The van der Waals surface area contributed by atoms with Crippen LogP contribution in [0.15, 0.2) is 42.5 Å². The quantitative estimate of drug-likeness (QED) is 0.405. The first-order valence-electron chi connectivity index (χ1n) is 10.6. The number of hydrogen-bond acceptors (Lipinski definition) is 3. The standard InChI is InChI=1S/C26H28Cl2N4O.ClH/c1-16-22(24(33)30-25(2,3)4)31-32(23(16)18-8-10-19(27)11-9-18)21-12-7-17(15-20(21)28)13-14-26(5,6)29;/h7-12,15H,29H2,1-6H3,(H,30,33);1H. The van der Waals surface area contributed by atoms with Crippen molar-refractivity contribution in [2.75, 3.05) is 0 Å². The Hall–Kier alpha value is -2.49. The third-order valence-corrected chi connectivity index (χ3v) is 5.20. The lowest BCUT2D eigenvalue weighted by Crippen LogP contribution is -2.41. The maximum Gasteiger partial charge on any atom is 0.272 e. The molecule has 3 rings (SSSR count). The summed E-state index contributed by atoms with van der Waals surface area (Å²) in [4.78, 5) is 13.0. The molecule has 0 aliphatic rings. The van der Waals surface area contributed by atoms with Gasteiger partial charge in [-0.3, -0.25) is 4.79 Å². The van der Waals surface area contributed by atoms with Crippen LogP contribution in [-0.2, 0) is 0 Å². The Kier molecular flexibility index (Phi) is 8.50. The maximum atomic E-state index is 13.0. The fraction of sp³-hybridized carbons (Fsp3) is 0.308. The Morgan fingerprint density at radius 3 is 2.21 bits per heavy atom. The summed E-state index contributed by atoms with van der Waals surface area (Å²) in [6, 6.07) is 12.9. The first-order valence-corrected chi connectivity index (χ1v) is 11.3. The molecule has 0 unspecified atom stereocenters. The predicted octanol–water partition coefficient (Wildman–Crippen LogP) is 6.19. The van der Waals surface area contributed by atoms with E-state index in [0.717, 1.165) is 22.4 Å². The molecule has 0 spiro atoms. The van der Waals surface area contributed by atoms with Gasteiger partial charge in [-0.2, -0.15) is 5.10 Å². The number of aromatic nitrogens is 2. The first kappa shape index (κ1) is 27.8. The Labute approximate surface area is 217 Å². The van der Waals surface area contributed by atoms with Gasteiger partial charge in [0.2, 0.25) is 0 Å². The fourth-order valence-corrected chi connectivity index (χ4v) is 3.61. The van der Waals surface area contributed by atoms with Crippen LogP contribution in [-0.4, -0.2) is 26.8 Å². The van der Waals surface area contributed by atoms with Crippen LogP contribution in [0.4, 0.5) is 0 Å². The molecular weight excluding hydrogens is 491 g/mol. The lowest BCUT2D eigenvalue weighted by Gasteiger charge is -2.19. The van der Waals surface area contributed by atoms with Crippen LogP contribution in [0.3, 0.4) is 0 Å². The van der Waals surface area contributed by atoms with Crippen molar-refractivity contribution in [2.24, 2.45) is 5.73 Å². The smallest absolute Gasteiger partial charge is 0.272 e. The van der Waals surface area contributed by atoms with E-state index in [1.54, 1.807) is 22.9 Å². The van der Waals surface area contributed by atoms with Gasteiger partial charge in [-0.1, -0.05) is 47.2 Å². The maximum absolute atomic E-state index is 13.0. The summed E-state index contributed by atoms with van der Waals surface area (Å²) < 4.78 is 1.70. The molecule has 1 amide bonds. The van der Waals surface area contributed by atoms with Gasteiger partial charge >= 0.3 is 0 Å². The molecule has 3 aromatic rings. The summed E-state index contributed by atoms with van der Waals surface area (Å²) in [5, 5.41) is 8.73. The second kappa shape index (κ2) is 10.4. The second-order valence-electron chi connectivity index (χ2n) is 9.58. The molecule has 5 nitrogen and oxygen atoms in total. The monoisotopic (exact) mass is 518 g/mol. The second-order valence-corrected chi connectivity index (χ2v) is 10.4. The zero-order chi connectivity index (χ0) is 24.6. The van der Waals surface area contributed by atoms with E-state index in [0.29, 0.717) is 21.4 Å². The zero-order valence-electron chi connectivity index (χ0n) is 20.1. The first-order chi connectivity index (χ1) is 15.2. The molecule has 0 saturated heterocycles. The third kappa shape index (κ3) is 6.77. The largest absolute Gasteiger partial charge is 0.346 e. The van der Waals surface area contributed by atoms with E-state index in [1.807, 2.05) is 65.8 Å². The van der Waals surface area contributed by atoms with Crippen LogP contribution in [0.2, 0.25) is 10.0 Å². The highest BCUT2D eigenvalue weighted by molar-refractivity contribution is 6.32. The molecule has 0 aliphatic heterocycles. The topological polar surface area (TPSA) is 72.9 Å². The molecule has 3 N–H and O–H groups in total. The summed E-state index contributed by atoms with van der Waals surface area (Å²) in [5.74, 6) is 5.80. The minimum atomic E-state index is -0.610. The van der Waals surface area contributed by atoms with Gasteiger partial charge in [0, 0.05) is 27.3 Å². The Balaban J connectivity index is 0.00000408. The van der Waals surface area contributed by atoms with Crippen LogP contribution in [0, 0.1) is 18.8 Å². The molecular formula is C26H29Cl3N4O. The van der Waals surface area contributed by atoms with E-state index in [1.165, 1.54) is 0 Å². The molecule has 0 bridgehead atoms. The lowest BCUT2D eigenvalue weighted by molar-refractivity contribution is 0.0913. The van der Waals surface area contributed by atoms with E-state index < -0.39 is 11.1 Å². The highest BCUT2D eigenvalue weighted by Crippen LogP contribution is 2.32. The van der Waals surface area contributed by atoms with E-state index in [2.05, 4.69) is 22.3 Å². The van der Waals surface area contributed by atoms with Crippen molar-refractivity contribution >= 4 is 41.5 Å². The van der Waals surface area contributed by atoms with E-state index in [4.69, 9.17) is 28.9 Å². The van der Waals surface area contributed by atoms with E-state index in [9.17, 15) is 4.79 Å². The van der Waals surface area contributed by atoms with Crippen LogP contribution in [0.5, 0.6) is 0 Å². The highest BCUT2D eigenvalue weighted by Gasteiger charge is 2.25. The number of carbonyl (C=O) groups is 1. The number of nitrogens with zero attached hydrogens (tertiary/aromatic N) is 2. The van der Waals surface area contributed by atoms with Crippen molar-refractivity contribution in [2.45, 2.75) is 52.6 Å². The van der Waals surface area contributed by atoms with Gasteiger partial charge < -0.3 is 11.1 Å². The SMILES string of the molecule is Cc1c(C(=O)NC(C)(C)C)nn(-c2ccc(C#CC(C)(C)N)cc2Cl)c1-c1ccc(Cl)cc1.Cl. The molecule has 180 valence electrons. The fourth-order valence-electron chi connectivity index (χ4n) is 3.22. The van der Waals surface area contributed by atoms with Crippen LogP contribution in [0.25, 0.3) is 16.9 Å². The number of benzene rings is 2. The van der Waals surface area contributed by atoms with Gasteiger partial charge in [0.05, 0.1) is 21.9 Å². The molecule has 0 saturated carbocycles. The van der Waals surface area contributed by atoms with Gasteiger partial charge in [0.1, 0.15) is 0 Å². The number of hydrogen-bond donors (Lipinski definition) is 2. The molecule has 1 aromatic heterocycles. The Morgan fingerprint density at radius 2 is 1.68 bits per heavy atom. The Bertz CT molecular complexity index is 1250. The summed E-state index contributed by atoms with van der Waals surface area (Å²) in [7, 11) is 0. The summed E-state index contributed by atoms with van der Waals surface area (Å²) in [5.41, 5.74) is 9.02. The van der Waals surface area contributed by atoms with Gasteiger partial charge in [0.15, 0.2) is 5.69 Å². The minimum absolute atomic E-state index is 0. The average Bonchev–Trinajstić information content (AvgIpc) is 3.02. The lowest BCUT2D eigenvalue weighted by atomic mass is 10.0. The van der Waals surface area contributed by atoms with Gasteiger partial charge in [0.25, 0.3) is 5.91 Å². The van der Waals surface area contributed by atoms with E-state index >= 15 is 0 Å². The number of amides is 1. The van der Waals surface area contributed by atoms with Gasteiger partial charge in [-0.05, 0) is 71.9 Å². The summed E-state index contributed by atoms with van der Waals surface area (Å²) in [6.07, 6.45) is 0. The van der Waals surface area contributed by atoms with Crippen LogP contribution < -0.4 is 11.1 Å². The zero-order valence-corrected chi connectivity index (χ0v) is 22.4. The van der Waals surface area contributed by atoms with Crippen molar-refractivity contribution in [3.8, 4) is 28.8 Å². The molecule has 8 heteroatoms. The van der Waals surface area contributed by atoms with Crippen molar-refractivity contribution in [3.63, 3.8) is 0 Å². The minimum Gasteiger partial charge on any atom is -0.346 e. The number of carbonyl (C=O) groups excluding carboxylic acids is 1. The van der Waals surface area contributed by atoms with Crippen LogP contribution in [0.1, 0.15) is 56.2 Å². The predicted molar refractivity (Wildman–Crippen MR) is 143 cm³/mol. The number of rotatable bonds is 3. The highest BCUT2D eigenvalue weighted by atomic mass is 35.5. The molecule has 0 aliphatic carbocycles. The van der Waals surface area contributed by atoms with E-state index in [-0.39, 0.29) is 18.3 Å². The van der Waals surface area contributed by atoms with Crippen molar-refractivity contribution in [1.82, 2.24) is 15.1 Å².